The molecule has 2 rings (SSSR count). The maximum Gasteiger partial charge on any atom is 0.107 e. The van der Waals surface area contributed by atoms with Crippen molar-refractivity contribution in [1.29, 1.82) is 0 Å². The summed E-state index contributed by atoms with van der Waals surface area (Å²) in [6.07, 6.45) is 1.12. The molecule has 0 aliphatic carbocycles. The van der Waals surface area contributed by atoms with Crippen molar-refractivity contribution in [2.24, 2.45) is 11.7 Å². The molecule has 2 N–H and O–H groups in total. The van der Waals surface area contributed by atoms with E-state index < -0.39 is 0 Å². The molecule has 1 aliphatic heterocycles. The van der Waals surface area contributed by atoms with Crippen LogP contribution < -0.4 is 5.73 Å². The lowest BCUT2D eigenvalue weighted by atomic mass is 9.95. The summed E-state index contributed by atoms with van der Waals surface area (Å²) in [5, 5.41) is 1.25. The predicted octanol–water partition coefficient (Wildman–Crippen LogP) is 1.93. The van der Waals surface area contributed by atoms with Crippen molar-refractivity contribution in [3.05, 3.63) is 15.6 Å². The van der Waals surface area contributed by atoms with E-state index in [0.29, 0.717) is 12.0 Å². The summed E-state index contributed by atoms with van der Waals surface area (Å²) in [6, 6.07) is 0.385. The lowest BCUT2D eigenvalue weighted by molar-refractivity contribution is 0.157. The molecular formula is C12H21N3S. The van der Waals surface area contributed by atoms with Gasteiger partial charge in [0.2, 0.25) is 0 Å². The van der Waals surface area contributed by atoms with E-state index in [2.05, 4.69) is 30.7 Å². The molecule has 0 amide bonds. The maximum absolute atomic E-state index is 6.02. The van der Waals surface area contributed by atoms with Gasteiger partial charge in [-0.25, -0.2) is 4.98 Å². The van der Waals surface area contributed by atoms with Gasteiger partial charge in [-0.1, -0.05) is 6.92 Å². The molecule has 2 heterocycles. The van der Waals surface area contributed by atoms with Crippen LogP contribution in [0.5, 0.6) is 0 Å². The Bertz CT molecular complexity index is 342. The van der Waals surface area contributed by atoms with Crippen LogP contribution in [0.4, 0.5) is 0 Å². The predicted molar refractivity (Wildman–Crippen MR) is 68.6 cm³/mol. The van der Waals surface area contributed by atoms with E-state index in [4.69, 9.17) is 5.73 Å². The van der Waals surface area contributed by atoms with Crippen molar-refractivity contribution in [3.8, 4) is 0 Å². The molecule has 1 aliphatic rings. The Morgan fingerprint density at radius 1 is 1.50 bits per heavy atom. The number of aromatic nitrogens is 1. The van der Waals surface area contributed by atoms with Crippen LogP contribution in [0.2, 0.25) is 0 Å². The first-order valence-corrected chi connectivity index (χ1v) is 6.78. The molecule has 3 nitrogen and oxygen atoms in total. The van der Waals surface area contributed by atoms with E-state index in [1.54, 1.807) is 0 Å². The number of hydrogen-bond donors (Lipinski definition) is 1. The summed E-state index contributed by atoms with van der Waals surface area (Å²) in [5.74, 6) is 0.607. The van der Waals surface area contributed by atoms with Crippen LogP contribution in [-0.2, 0) is 6.54 Å². The van der Waals surface area contributed by atoms with Gasteiger partial charge >= 0.3 is 0 Å². The molecule has 0 saturated carbocycles. The average Bonchev–Trinajstić information content (AvgIpc) is 2.52. The number of nitrogens with zero attached hydrogens (tertiary/aromatic N) is 2. The van der Waals surface area contributed by atoms with Crippen molar-refractivity contribution in [2.75, 3.05) is 13.1 Å². The van der Waals surface area contributed by atoms with Crippen LogP contribution in [0.1, 0.15) is 28.9 Å². The van der Waals surface area contributed by atoms with Gasteiger partial charge in [0.15, 0.2) is 0 Å². The number of hydrogen-bond acceptors (Lipinski definition) is 4. The van der Waals surface area contributed by atoms with E-state index in [1.807, 2.05) is 11.3 Å². The van der Waals surface area contributed by atoms with Crippen molar-refractivity contribution < 1.29 is 0 Å². The van der Waals surface area contributed by atoms with Crippen LogP contribution in [0.25, 0.3) is 0 Å². The molecule has 16 heavy (non-hydrogen) atoms. The quantitative estimate of drug-likeness (QED) is 0.857. The Morgan fingerprint density at radius 3 is 2.81 bits per heavy atom. The molecule has 2 atom stereocenters. The molecule has 2 unspecified atom stereocenters. The van der Waals surface area contributed by atoms with Crippen LogP contribution in [0, 0.1) is 19.8 Å². The van der Waals surface area contributed by atoms with Gasteiger partial charge < -0.3 is 5.73 Å². The van der Waals surface area contributed by atoms with Gasteiger partial charge in [0.1, 0.15) is 5.01 Å². The van der Waals surface area contributed by atoms with E-state index in [0.717, 1.165) is 26.1 Å². The van der Waals surface area contributed by atoms with Gasteiger partial charge in [-0.2, -0.15) is 0 Å². The lowest BCUT2D eigenvalue weighted by Crippen LogP contribution is -2.45. The smallest absolute Gasteiger partial charge is 0.107 e. The zero-order chi connectivity index (χ0) is 11.7. The minimum absolute atomic E-state index is 0.385. The van der Waals surface area contributed by atoms with Gasteiger partial charge in [-0.15, -0.1) is 11.3 Å². The van der Waals surface area contributed by atoms with Crippen LogP contribution in [0.15, 0.2) is 0 Å². The van der Waals surface area contributed by atoms with Crippen molar-refractivity contribution in [1.82, 2.24) is 9.88 Å². The fourth-order valence-electron chi connectivity index (χ4n) is 2.19. The number of rotatable bonds is 2. The molecule has 90 valence electrons. The summed E-state index contributed by atoms with van der Waals surface area (Å²) >= 11 is 1.83. The topological polar surface area (TPSA) is 42.2 Å². The highest BCUT2D eigenvalue weighted by Crippen LogP contribution is 2.21. The van der Waals surface area contributed by atoms with Crippen LogP contribution in [-0.4, -0.2) is 29.0 Å². The molecule has 0 spiro atoms. The third kappa shape index (κ3) is 2.62. The van der Waals surface area contributed by atoms with Crippen molar-refractivity contribution >= 4 is 11.3 Å². The maximum atomic E-state index is 6.02. The van der Waals surface area contributed by atoms with E-state index in [1.165, 1.54) is 15.6 Å². The molecule has 4 heteroatoms. The molecule has 1 saturated heterocycles. The molecular weight excluding hydrogens is 218 g/mol. The van der Waals surface area contributed by atoms with E-state index in [9.17, 15) is 0 Å². The highest BCUT2D eigenvalue weighted by Gasteiger charge is 2.23. The first-order valence-electron chi connectivity index (χ1n) is 5.97. The van der Waals surface area contributed by atoms with Crippen molar-refractivity contribution in [2.45, 2.75) is 39.8 Å². The van der Waals surface area contributed by atoms with E-state index >= 15 is 0 Å². The Balaban J connectivity index is 1.95. The summed E-state index contributed by atoms with van der Waals surface area (Å²) < 4.78 is 0. The second-order valence-corrected chi connectivity index (χ2v) is 6.20. The molecule has 1 aromatic rings. The standard InChI is InChI=1S/C12H21N3S/c1-8-6-15(5-4-11(8)13)7-12-14-9(2)10(3)16-12/h8,11H,4-7,13H2,1-3H3. The normalized spacial score (nSPS) is 27.2. The highest BCUT2D eigenvalue weighted by molar-refractivity contribution is 7.11. The van der Waals surface area contributed by atoms with Crippen molar-refractivity contribution in [3.63, 3.8) is 0 Å². The molecule has 1 fully saturated rings. The zero-order valence-corrected chi connectivity index (χ0v) is 11.2. The Kier molecular flexibility index (Phi) is 3.62. The van der Waals surface area contributed by atoms with Gasteiger partial charge in [0, 0.05) is 24.0 Å². The number of likely N-dealkylation sites (tertiary alicyclic amines) is 1. The number of aryl methyl sites for hydroxylation is 2. The fourth-order valence-corrected chi connectivity index (χ4v) is 3.17. The number of nitrogens with two attached hydrogens (primary N) is 1. The van der Waals surface area contributed by atoms with Gasteiger partial charge in [0.05, 0.1) is 12.2 Å². The third-order valence-corrected chi connectivity index (χ3v) is 4.55. The molecule has 0 radical (unpaired) electrons. The minimum Gasteiger partial charge on any atom is -0.327 e. The zero-order valence-electron chi connectivity index (χ0n) is 10.4. The average molecular weight is 239 g/mol. The number of thiazole rings is 1. The van der Waals surface area contributed by atoms with Crippen LogP contribution >= 0.6 is 11.3 Å². The third-order valence-electron chi connectivity index (χ3n) is 3.49. The summed E-state index contributed by atoms with van der Waals surface area (Å²) in [6.45, 7) is 9.70. The summed E-state index contributed by atoms with van der Waals surface area (Å²) in [5.41, 5.74) is 7.20. The second-order valence-electron chi connectivity index (χ2n) is 4.91. The first kappa shape index (κ1) is 12.0. The molecule has 1 aromatic heterocycles. The Hall–Kier alpha value is -0.450. The monoisotopic (exact) mass is 239 g/mol. The van der Waals surface area contributed by atoms with Gasteiger partial charge in [0.25, 0.3) is 0 Å². The van der Waals surface area contributed by atoms with E-state index in [-0.39, 0.29) is 0 Å². The van der Waals surface area contributed by atoms with Gasteiger partial charge in [-0.3, -0.25) is 4.90 Å². The first-order chi connectivity index (χ1) is 7.56. The van der Waals surface area contributed by atoms with Gasteiger partial charge in [-0.05, 0) is 26.2 Å². The summed E-state index contributed by atoms with van der Waals surface area (Å²) in [4.78, 5) is 8.42. The number of piperidine rings is 1. The Labute approximate surface area is 102 Å². The summed E-state index contributed by atoms with van der Waals surface area (Å²) in [7, 11) is 0. The largest absolute Gasteiger partial charge is 0.327 e. The second kappa shape index (κ2) is 4.82. The SMILES string of the molecule is Cc1nc(CN2CCC(N)C(C)C2)sc1C. The van der Waals surface area contributed by atoms with Crippen LogP contribution in [0.3, 0.4) is 0 Å². The lowest BCUT2D eigenvalue weighted by Gasteiger charge is -2.34. The highest BCUT2D eigenvalue weighted by atomic mass is 32.1. The molecule has 0 aromatic carbocycles. The fraction of sp³-hybridized carbons (Fsp3) is 0.750. The minimum atomic E-state index is 0.385. The molecule has 0 bridgehead atoms. The Morgan fingerprint density at radius 2 is 2.25 bits per heavy atom.